The molecule has 1 amide bonds. The molecule has 7 heteroatoms. The molecule has 3 rings (SSSR count). The Bertz CT molecular complexity index is 721. The SMILES string of the molecule is CCc1noc(CCCC(=O)N2CCCC2Cn2nc(C)cc2C)n1. The van der Waals surface area contributed by atoms with Crippen LogP contribution in [0.15, 0.2) is 10.6 Å². The lowest BCUT2D eigenvalue weighted by Crippen LogP contribution is -2.38. The summed E-state index contributed by atoms with van der Waals surface area (Å²) < 4.78 is 7.20. The van der Waals surface area contributed by atoms with Gasteiger partial charge in [0, 0.05) is 31.5 Å². The van der Waals surface area contributed by atoms with E-state index in [-0.39, 0.29) is 11.9 Å². The van der Waals surface area contributed by atoms with Crippen LogP contribution in [0.1, 0.15) is 55.7 Å². The first-order chi connectivity index (χ1) is 12.1. The highest BCUT2D eigenvalue weighted by molar-refractivity contribution is 5.76. The summed E-state index contributed by atoms with van der Waals surface area (Å²) in [6.07, 6.45) is 4.82. The summed E-state index contributed by atoms with van der Waals surface area (Å²) in [5.74, 6) is 1.58. The van der Waals surface area contributed by atoms with Crippen LogP contribution in [0.25, 0.3) is 0 Å². The Hall–Kier alpha value is -2.18. The second-order valence-electron chi connectivity index (χ2n) is 6.80. The summed E-state index contributed by atoms with van der Waals surface area (Å²) in [4.78, 5) is 18.9. The van der Waals surface area contributed by atoms with Gasteiger partial charge in [-0.2, -0.15) is 10.1 Å². The first kappa shape index (κ1) is 17.6. The van der Waals surface area contributed by atoms with Gasteiger partial charge >= 0.3 is 0 Å². The predicted molar refractivity (Wildman–Crippen MR) is 93.1 cm³/mol. The Morgan fingerprint density at radius 3 is 2.92 bits per heavy atom. The van der Waals surface area contributed by atoms with E-state index in [9.17, 15) is 4.79 Å². The Morgan fingerprint density at radius 2 is 2.24 bits per heavy atom. The minimum absolute atomic E-state index is 0.222. The monoisotopic (exact) mass is 345 g/mol. The molecule has 136 valence electrons. The van der Waals surface area contributed by atoms with E-state index >= 15 is 0 Å². The molecule has 3 heterocycles. The molecule has 0 aromatic carbocycles. The normalized spacial score (nSPS) is 17.4. The van der Waals surface area contributed by atoms with Crippen molar-refractivity contribution in [3.63, 3.8) is 0 Å². The maximum Gasteiger partial charge on any atom is 0.226 e. The molecule has 2 aromatic heterocycles. The van der Waals surface area contributed by atoms with Crippen molar-refractivity contribution in [1.82, 2.24) is 24.8 Å². The average molecular weight is 345 g/mol. The molecule has 0 spiro atoms. The van der Waals surface area contributed by atoms with Crippen LogP contribution < -0.4 is 0 Å². The lowest BCUT2D eigenvalue weighted by Gasteiger charge is -2.25. The van der Waals surface area contributed by atoms with Crippen LogP contribution in [-0.4, -0.2) is 43.3 Å². The van der Waals surface area contributed by atoms with Crippen molar-refractivity contribution in [3.8, 4) is 0 Å². The molecule has 0 saturated carbocycles. The number of aromatic nitrogens is 4. The number of amides is 1. The van der Waals surface area contributed by atoms with Gasteiger partial charge in [0.25, 0.3) is 0 Å². The quantitative estimate of drug-likeness (QED) is 0.770. The van der Waals surface area contributed by atoms with Gasteiger partial charge < -0.3 is 9.42 Å². The summed E-state index contributed by atoms with van der Waals surface area (Å²) in [5.41, 5.74) is 2.18. The standard InChI is InChI=1S/C18H27N5O2/c1-4-16-19-17(25-21-16)8-5-9-18(24)22-10-6-7-15(22)12-23-14(3)11-13(2)20-23/h11,15H,4-10,12H2,1-3H3. The highest BCUT2D eigenvalue weighted by atomic mass is 16.5. The topological polar surface area (TPSA) is 77.0 Å². The zero-order valence-corrected chi connectivity index (χ0v) is 15.4. The van der Waals surface area contributed by atoms with Crippen molar-refractivity contribution in [2.75, 3.05) is 6.54 Å². The fraction of sp³-hybridized carbons (Fsp3) is 0.667. The number of hydrogen-bond acceptors (Lipinski definition) is 5. The molecule has 7 nitrogen and oxygen atoms in total. The Labute approximate surface area is 148 Å². The van der Waals surface area contributed by atoms with Crippen LogP contribution in [0.5, 0.6) is 0 Å². The van der Waals surface area contributed by atoms with E-state index in [1.54, 1.807) is 0 Å². The van der Waals surface area contributed by atoms with Crippen molar-refractivity contribution in [1.29, 1.82) is 0 Å². The van der Waals surface area contributed by atoms with Crippen LogP contribution in [0, 0.1) is 13.8 Å². The second-order valence-corrected chi connectivity index (χ2v) is 6.80. The van der Waals surface area contributed by atoms with E-state index in [1.807, 2.05) is 23.4 Å². The largest absolute Gasteiger partial charge is 0.339 e. The van der Waals surface area contributed by atoms with Crippen LogP contribution >= 0.6 is 0 Å². The van der Waals surface area contributed by atoms with Crippen molar-refractivity contribution in [2.24, 2.45) is 0 Å². The molecule has 1 unspecified atom stereocenters. The highest BCUT2D eigenvalue weighted by Crippen LogP contribution is 2.21. The highest BCUT2D eigenvalue weighted by Gasteiger charge is 2.29. The van der Waals surface area contributed by atoms with Gasteiger partial charge in [0.05, 0.1) is 18.3 Å². The van der Waals surface area contributed by atoms with Gasteiger partial charge in [0.2, 0.25) is 11.8 Å². The first-order valence-corrected chi connectivity index (χ1v) is 9.18. The van der Waals surface area contributed by atoms with Crippen molar-refractivity contribution in [3.05, 3.63) is 29.2 Å². The third-order valence-corrected chi connectivity index (χ3v) is 4.79. The maximum atomic E-state index is 12.6. The van der Waals surface area contributed by atoms with Gasteiger partial charge in [-0.3, -0.25) is 9.48 Å². The molecule has 1 fully saturated rings. The smallest absolute Gasteiger partial charge is 0.226 e. The Balaban J connectivity index is 1.51. The molecule has 25 heavy (non-hydrogen) atoms. The average Bonchev–Trinajstić information content (AvgIpc) is 3.29. The third kappa shape index (κ3) is 4.27. The summed E-state index contributed by atoms with van der Waals surface area (Å²) in [5, 5.41) is 8.42. The van der Waals surface area contributed by atoms with Crippen LogP contribution in [0.2, 0.25) is 0 Å². The molecule has 1 aliphatic rings. The van der Waals surface area contributed by atoms with E-state index in [0.717, 1.165) is 56.0 Å². The van der Waals surface area contributed by atoms with E-state index in [1.165, 1.54) is 0 Å². The minimum Gasteiger partial charge on any atom is -0.339 e. The minimum atomic E-state index is 0.222. The van der Waals surface area contributed by atoms with E-state index < -0.39 is 0 Å². The zero-order valence-electron chi connectivity index (χ0n) is 15.4. The first-order valence-electron chi connectivity index (χ1n) is 9.18. The lowest BCUT2D eigenvalue weighted by molar-refractivity contribution is -0.132. The van der Waals surface area contributed by atoms with Gasteiger partial charge in [-0.05, 0) is 39.2 Å². The van der Waals surface area contributed by atoms with Crippen molar-refractivity contribution >= 4 is 5.91 Å². The summed E-state index contributed by atoms with van der Waals surface area (Å²) in [7, 11) is 0. The van der Waals surface area contributed by atoms with E-state index in [2.05, 4.69) is 28.2 Å². The molecular weight excluding hydrogens is 318 g/mol. The molecule has 1 aliphatic heterocycles. The number of hydrogen-bond donors (Lipinski definition) is 0. The Morgan fingerprint density at radius 1 is 1.40 bits per heavy atom. The van der Waals surface area contributed by atoms with Gasteiger partial charge in [0.1, 0.15) is 0 Å². The number of nitrogens with zero attached hydrogens (tertiary/aromatic N) is 5. The molecule has 1 saturated heterocycles. The predicted octanol–water partition coefficient (Wildman–Crippen LogP) is 2.46. The number of carbonyl (C=O) groups excluding carboxylic acids is 1. The molecule has 0 aliphatic carbocycles. The lowest BCUT2D eigenvalue weighted by atomic mass is 10.2. The third-order valence-electron chi connectivity index (χ3n) is 4.79. The summed E-state index contributed by atoms with van der Waals surface area (Å²) in [6.45, 7) is 7.70. The van der Waals surface area contributed by atoms with Gasteiger partial charge in [-0.1, -0.05) is 12.1 Å². The van der Waals surface area contributed by atoms with Crippen molar-refractivity contribution in [2.45, 2.75) is 71.9 Å². The van der Waals surface area contributed by atoms with Gasteiger partial charge in [-0.15, -0.1) is 0 Å². The number of carbonyl (C=O) groups is 1. The van der Waals surface area contributed by atoms with E-state index in [4.69, 9.17) is 4.52 Å². The summed E-state index contributed by atoms with van der Waals surface area (Å²) in [6, 6.07) is 2.33. The van der Waals surface area contributed by atoms with Gasteiger partial charge in [-0.25, -0.2) is 0 Å². The van der Waals surface area contributed by atoms with Crippen LogP contribution in [0.3, 0.4) is 0 Å². The second kappa shape index (κ2) is 7.80. The fourth-order valence-corrected chi connectivity index (χ4v) is 3.48. The molecule has 2 aromatic rings. The Kier molecular flexibility index (Phi) is 5.50. The fourth-order valence-electron chi connectivity index (χ4n) is 3.48. The molecule has 0 radical (unpaired) electrons. The molecular formula is C18H27N5O2. The van der Waals surface area contributed by atoms with Gasteiger partial charge in [0.15, 0.2) is 5.82 Å². The van der Waals surface area contributed by atoms with E-state index in [0.29, 0.717) is 18.7 Å². The molecule has 1 atom stereocenters. The number of aryl methyl sites for hydroxylation is 4. The van der Waals surface area contributed by atoms with Crippen LogP contribution in [-0.2, 0) is 24.2 Å². The molecule has 0 bridgehead atoms. The molecule has 0 N–H and O–H groups in total. The number of likely N-dealkylation sites (tertiary alicyclic amines) is 1. The number of rotatable bonds is 7. The summed E-state index contributed by atoms with van der Waals surface area (Å²) >= 11 is 0. The van der Waals surface area contributed by atoms with Crippen LogP contribution in [0.4, 0.5) is 0 Å². The maximum absolute atomic E-state index is 12.6. The zero-order chi connectivity index (χ0) is 17.8. The van der Waals surface area contributed by atoms with Crippen molar-refractivity contribution < 1.29 is 9.32 Å².